The highest BCUT2D eigenvalue weighted by Crippen LogP contribution is 2.26. The van der Waals surface area contributed by atoms with Gasteiger partial charge in [0.25, 0.3) is 0 Å². The van der Waals surface area contributed by atoms with Gasteiger partial charge in [-0.2, -0.15) is 0 Å². The molecule has 0 unspecified atom stereocenters. The van der Waals surface area contributed by atoms with Gasteiger partial charge in [-0.3, -0.25) is 0 Å². The molecule has 2 aromatic rings. The monoisotopic (exact) mass is 177 g/mol. The first-order valence-corrected chi connectivity index (χ1v) is 4.15. The average Bonchev–Trinajstić information content (AvgIpc) is 2.48. The van der Waals surface area contributed by atoms with E-state index in [0.717, 1.165) is 11.2 Å². The van der Waals surface area contributed by atoms with E-state index in [9.17, 15) is 0 Å². The zero-order valence-electron chi connectivity index (χ0n) is 7.90. The van der Waals surface area contributed by atoms with Gasteiger partial charge in [-0.05, 0) is 0 Å². The fourth-order valence-corrected chi connectivity index (χ4v) is 1.23. The summed E-state index contributed by atoms with van der Waals surface area (Å²) in [6, 6.07) is 0. The third-order valence-electron chi connectivity index (χ3n) is 1.86. The van der Waals surface area contributed by atoms with Crippen LogP contribution in [0.2, 0.25) is 0 Å². The van der Waals surface area contributed by atoms with Gasteiger partial charge < -0.3 is 4.52 Å². The molecule has 0 radical (unpaired) electrons. The molecule has 0 aliphatic rings. The van der Waals surface area contributed by atoms with Crippen LogP contribution in [0.4, 0.5) is 0 Å². The zero-order chi connectivity index (χ0) is 9.47. The van der Waals surface area contributed by atoms with Gasteiger partial charge in [-0.1, -0.05) is 25.9 Å². The van der Waals surface area contributed by atoms with Crippen molar-refractivity contribution in [1.82, 2.24) is 15.1 Å². The largest absolute Gasteiger partial charge is 0.353 e. The minimum atomic E-state index is -0.0409. The summed E-state index contributed by atoms with van der Waals surface area (Å²) in [5.74, 6) is 0. The van der Waals surface area contributed by atoms with E-state index in [-0.39, 0.29) is 5.41 Å². The highest BCUT2D eigenvalue weighted by Gasteiger charge is 2.21. The molecule has 4 heteroatoms. The van der Waals surface area contributed by atoms with E-state index < -0.39 is 0 Å². The Morgan fingerprint density at radius 2 is 2.00 bits per heavy atom. The lowest BCUT2D eigenvalue weighted by Gasteiger charge is -2.16. The third-order valence-corrected chi connectivity index (χ3v) is 1.86. The van der Waals surface area contributed by atoms with Gasteiger partial charge in [0.2, 0.25) is 5.58 Å². The highest BCUT2D eigenvalue weighted by molar-refractivity contribution is 5.73. The van der Waals surface area contributed by atoms with Crippen molar-refractivity contribution in [3.05, 3.63) is 18.2 Å². The Balaban J connectivity index is 2.75. The van der Waals surface area contributed by atoms with Gasteiger partial charge >= 0.3 is 0 Å². The van der Waals surface area contributed by atoms with Crippen LogP contribution in [-0.2, 0) is 5.41 Å². The maximum Gasteiger partial charge on any atom is 0.207 e. The van der Waals surface area contributed by atoms with E-state index in [1.165, 1.54) is 0 Å². The van der Waals surface area contributed by atoms with Crippen LogP contribution in [-0.4, -0.2) is 15.1 Å². The second-order valence-electron chi connectivity index (χ2n) is 4.01. The Labute approximate surface area is 76.0 Å². The van der Waals surface area contributed by atoms with Crippen molar-refractivity contribution in [3.8, 4) is 0 Å². The van der Waals surface area contributed by atoms with E-state index in [1.54, 1.807) is 12.5 Å². The van der Waals surface area contributed by atoms with Crippen LogP contribution in [0, 0.1) is 0 Å². The number of rotatable bonds is 0. The summed E-state index contributed by atoms with van der Waals surface area (Å²) in [6.45, 7) is 6.24. The normalized spacial score (nSPS) is 12.2. The topological polar surface area (TPSA) is 51.8 Å². The van der Waals surface area contributed by atoms with Gasteiger partial charge in [0.05, 0.1) is 11.9 Å². The summed E-state index contributed by atoms with van der Waals surface area (Å²) in [5.41, 5.74) is 2.31. The molecular formula is C9H11N3O. The van der Waals surface area contributed by atoms with Crippen LogP contribution in [0.3, 0.4) is 0 Å². The second-order valence-corrected chi connectivity index (χ2v) is 4.01. The maximum absolute atomic E-state index is 5.10. The predicted octanol–water partition coefficient (Wildman–Crippen LogP) is 1.92. The minimum Gasteiger partial charge on any atom is -0.353 e. The molecule has 0 spiro atoms. The van der Waals surface area contributed by atoms with E-state index in [0.29, 0.717) is 5.58 Å². The molecule has 2 rings (SSSR count). The van der Waals surface area contributed by atoms with E-state index in [1.807, 2.05) is 0 Å². The molecule has 0 saturated carbocycles. The number of nitrogens with zero attached hydrogens (tertiary/aromatic N) is 3. The Morgan fingerprint density at radius 1 is 1.23 bits per heavy atom. The molecule has 0 aliphatic heterocycles. The fraction of sp³-hybridized carbons (Fsp3) is 0.444. The fourth-order valence-electron chi connectivity index (χ4n) is 1.23. The number of aromatic nitrogens is 3. The van der Waals surface area contributed by atoms with Gasteiger partial charge in [-0.25, -0.2) is 9.97 Å². The van der Waals surface area contributed by atoms with Gasteiger partial charge in [0.15, 0.2) is 0 Å². The lowest BCUT2D eigenvalue weighted by Crippen LogP contribution is -2.13. The highest BCUT2D eigenvalue weighted by atomic mass is 16.5. The first-order valence-electron chi connectivity index (χ1n) is 4.15. The lowest BCUT2D eigenvalue weighted by atomic mass is 9.91. The summed E-state index contributed by atoms with van der Waals surface area (Å²) in [6.07, 6.45) is 3.15. The van der Waals surface area contributed by atoms with Crippen molar-refractivity contribution in [3.63, 3.8) is 0 Å². The smallest absolute Gasteiger partial charge is 0.207 e. The van der Waals surface area contributed by atoms with Crippen LogP contribution >= 0.6 is 0 Å². The third kappa shape index (κ3) is 1.28. The van der Waals surface area contributed by atoms with Crippen LogP contribution < -0.4 is 0 Å². The molecule has 0 saturated heterocycles. The Kier molecular flexibility index (Phi) is 1.58. The lowest BCUT2D eigenvalue weighted by molar-refractivity contribution is 0.442. The zero-order valence-corrected chi connectivity index (χ0v) is 7.90. The van der Waals surface area contributed by atoms with Crippen molar-refractivity contribution < 1.29 is 4.52 Å². The van der Waals surface area contributed by atoms with Gasteiger partial charge in [0, 0.05) is 5.41 Å². The van der Waals surface area contributed by atoms with Crippen LogP contribution in [0.15, 0.2) is 17.0 Å². The standard InChI is InChI=1S/C9H11N3O/c1-9(2,3)8-7-6(4-12-13-7)10-5-11-8/h4-5H,1-3H3. The maximum atomic E-state index is 5.10. The van der Waals surface area contributed by atoms with E-state index >= 15 is 0 Å². The number of fused-ring (bicyclic) bond motifs is 1. The first kappa shape index (κ1) is 8.16. The quantitative estimate of drug-likeness (QED) is 0.616. The molecule has 68 valence electrons. The SMILES string of the molecule is CC(C)(C)c1ncnc2cnoc12. The van der Waals surface area contributed by atoms with Crippen LogP contribution in [0.5, 0.6) is 0 Å². The molecule has 0 amide bonds. The molecule has 0 bridgehead atoms. The molecular weight excluding hydrogens is 166 g/mol. The molecule has 0 fully saturated rings. The Hall–Kier alpha value is -1.45. The summed E-state index contributed by atoms with van der Waals surface area (Å²) >= 11 is 0. The summed E-state index contributed by atoms with van der Waals surface area (Å²) in [5, 5.41) is 3.70. The first-order chi connectivity index (χ1) is 6.09. The van der Waals surface area contributed by atoms with Gasteiger partial charge in [0.1, 0.15) is 11.8 Å². The molecule has 0 N–H and O–H groups in total. The molecule has 0 aliphatic carbocycles. The van der Waals surface area contributed by atoms with Gasteiger partial charge in [-0.15, -0.1) is 0 Å². The minimum absolute atomic E-state index is 0.0409. The van der Waals surface area contributed by atoms with Crippen LogP contribution in [0.1, 0.15) is 26.5 Å². The number of hydrogen-bond donors (Lipinski definition) is 0. The Bertz CT molecular complexity index is 428. The van der Waals surface area contributed by atoms with Crippen molar-refractivity contribution in [2.45, 2.75) is 26.2 Å². The van der Waals surface area contributed by atoms with E-state index in [4.69, 9.17) is 4.52 Å². The Morgan fingerprint density at radius 3 is 2.69 bits per heavy atom. The predicted molar refractivity (Wildman–Crippen MR) is 48.3 cm³/mol. The van der Waals surface area contributed by atoms with Crippen LogP contribution in [0.25, 0.3) is 11.1 Å². The molecule has 2 heterocycles. The van der Waals surface area contributed by atoms with Crippen molar-refractivity contribution in [2.75, 3.05) is 0 Å². The molecule has 13 heavy (non-hydrogen) atoms. The molecule has 4 nitrogen and oxygen atoms in total. The molecule has 2 aromatic heterocycles. The average molecular weight is 177 g/mol. The summed E-state index contributed by atoms with van der Waals surface area (Å²) < 4.78 is 5.10. The van der Waals surface area contributed by atoms with Crippen molar-refractivity contribution >= 4 is 11.1 Å². The second kappa shape index (κ2) is 2.52. The summed E-state index contributed by atoms with van der Waals surface area (Å²) in [4.78, 5) is 8.25. The molecule has 0 atom stereocenters. The van der Waals surface area contributed by atoms with Crippen molar-refractivity contribution in [1.29, 1.82) is 0 Å². The van der Waals surface area contributed by atoms with E-state index in [2.05, 4.69) is 35.9 Å². The molecule has 0 aromatic carbocycles. The number of hydrogen-bond acceptors (Lipinski definition) is 4. The van der Waals surface area contributed by atoms with Crippen molar-refractivity contribution in [2.24, 2.45) is 0 Å². The summed E-state index contributed by atoms with van der Waals surface area (Å²) in [7, 11) is 0.